The Balaban J connectivity index is 1.47. The molecular formula is C19H25N5O3S. The van der Waals surface area contributed by atoms with E-state index in [1.54, 1.807) is 30.3 Å². The Morgan fingerprint density at radius 1 is 1.18 bits per heavy atom. The zero-order valence-corrected chi connectivity index (χ0v) is 16.7. The van der Waals surface area contributed by atoms with E-state index in [2.05, 4.69) is 24.8 Å². The van der Waals surface area contributed by atoms with Crippen LogP contribution in [0.1, 0.15) is 36.5 Å². The van der Waals surface area contributed by atoms with Crippen molar-refractivity contribution in [2.75, 3.05) is 17.5 Å². The number of fused-ring (bicyclic) bond motifs is 1. The fraction of sp³-hybridized carbons (Fsp3) is 0.421. The van der Waals surface area contributed by atoms with E-state index in [1.165, 1.54) is 12.5 Å². The number of anilines is 1. The number of carbonyl (C=O) groups is 1. The first-order valence-corrected chi connectivity index (χ1v) is 11.2. The minimum atomic E-state index is -3.30. The molecule has 0 radical (unpaired) electrons. The number of hydrogen-bond donors (Lipinski definition) is 2. The van der Waals surface area contributed by atoms with E-state index in [1.807, 2.05) is 0 Å². The van der Waals surface area contributed by atoms with E-state index in [0.717, 1.165) is 49.3 Å². The molecule has 150 valence electrons. The number of rotatable bonds is 7. The lowest BCUT2D eigenvalue weighted by molar-refractivity contribution is -0.116. The minimum absolute atomic E-state index is 0.186. The second-order valence-corrected chi connectivity index (χ2v) is 8.61. The molecule has 1 aliphatic heterocycles. The highest BCUT2D eigenvalue weighted by Crippen LogP contribution is 2.14. The molecule has 0 saturated heterocycles. The summed E-state index contributed by atoms with van der Waals surface area (Å²) in [4.78, 5) is 12.0. The molecule has 1 amide bonds. The van der Waals surface area contributed by atoms with Crippen LogP contribution in [0.25, 0.3) is 6.08 Å². The number of benzene rings is 1. The number of amides is 1. The Morgan fingerprint density at radius 2 is 1.96 bits per heavy atom. The molecule has 0 atom stereocenters. The van der Waals surface area contributed by atoms with Crippen LogP contribution in [-0.4, -0.2) is 41.9 Å². The molecule has 8 nitrogen and oxygen atoms in total. The average Bonchev–Trinajstić information content (AvgIpc) is 2.86. The lowest BCUT2D eigenvalue weighted by Crippen LogP contribution is -2.24. The molecule has 1 aliphatic rings. The van der Waals surface area contributed by atoms with Gasteiger partial charge in [-0.05, 0) is 36.6 Å². The van der Waals surface area contributed by atoms with Crippen LogP contribution in [0.4, 0.5) is 5.69 Å². The van der Waals surface area contributed by atoms with Crippen molar-refractivity contribution in [1.29, 1.82) is 0 Å². The summed E-state index contributed by atoms with van der Waals surface area (Å²) in [7, 11) is -3.30. The quantitative estimate of drug-likeness (QED) is 0.685. The summed E-state index contributed by atoms with van der Waals surface area (Å²) >= 11 is 0. The Morgan fingerprint density at radius 3 is 2.71 bits per heavy atom. The number of hydrogen-bond acceptors (Lipinski definition) is 5. The van der Waals surface area contributed by atoms with Gasteiger partial charge in [0, 0.05) is 37.7 Å². The minimum Gasteiger partial charge on any atom is -0.352 e. The monoisotopic (exact) mass is 403 g/mol. The Labute approximate surface area is 165 Å². The second-order valence-electron chi connectivity index (χ2n) is 6.87. The largest absolute Gasteiger partial charge is 0.352 e. The van der Waals surface area contributed by atoms with E-state index in [9.17, 15) is 13.2 Å². The summed E-state index contributed by atoms with van der Waals surface area (Å²) in [6, 6.07) is 6.77. The normalized spacial score (nSPS) is 14.5. The van der Waals surface area contributed by atoms with E-state index < -0.39 is 10.0 Å². The van der Waals surface area contributed by atoms with Crippen molar-refractivity contribution in [2.45, 2.75) is 38.6 Å². The first kappa shape index (κ1) is 20.1. The fourth-order valence-electron chi connectivity index (χ4n) is 3.13. The third kappa shape index (κ3) is 5.91. The molecule has 1 aromatic carbocycles. The van der Waals surface area contributed by atoms with Gasteiger partial charge in [-0.1, -0.05) is 18.6 Å². The molecule has 0 bridgehead atoms. The summed E-state index contributed by atoms with van der Waals surface area (Å²) in [5.74, 6) is 1.79. The zero-order chi connectivity index (χ0) is 20.0. The van der Waals surface area contributed by atoms with Crippen molar-refractivity contribution in [2.24, 2.45) is 0 Å². The van der Waals surface area contributed by atoms with Gasteiger partial charge in [0.05, 0.1) is 6.26 Å². The molecule has 2 aromatic rings. The molecule has 9 heteroatoms. The van der Waals surface area contributed by atoms with Crippen LogP contribution in [-0.2, 0) is 34.2 Å². The summed E-state index contributed by atoms with van der Waals surface area (Å²) in [6.45, 7) is 1.45. The highest BCUT2D eigenvalue weighted by atomic mass is 32.2. The van der Waals surface area contributed by atoms with Crippen LogP contribution < -0.4 is 10.0 Å². The van der Waals surface area contributed by atoms with E-state index in [-0.39, 0.29) is 5.91 Å². The molecular weight excluding hydrogens is 378 g/mol. The second kappa shape index (κ2) is 9.01. The van der Waals surface area contributed by atoms with Gasteiger partial charge in [0.1, 0.15) is 11.6 Å². The molecule has 0 spiro atoms. The fourth-order valence-corrected chi connectivity index (χ4v) is 3.70. The molecule has 2 heterocycles. The van der Waals surface area contributed by atoms with Gasteiger partial charge in [0.2, 0.25) is 15.9 Å². The maximum absolute atomic E-state index is 12.0. The Kier molecular flexibility index (Phi) is 6.45. The van der Waals surface area contributed by atoms with Gasteiger partial charge in [0.25, 0.3) is 0 Å². The predicted molar refractivity (Wildman–Crippen MR) is 108 cm³/mol. The maximum atomic E-state index is 12.0. The molecule has 0 saturated carbocycles. The van der Waals surface area contributed by atoms with Gasteiger partial charge in [-0.3, -0.25) is 9.52 Å². The molecule has 3 rings (SSSR count). The maximum Gasteiger partial charge on any atom is 0.244 e. The molecule has 2 N–H and O–H groups in total. The van der Waals surface area contributed by atoms with Gasteiger partial charge in [0.15, 0.2) is 0 Å². The summed E-state index contributed by atoms with van der Waals surface area (Å²) in [5, 5.41) is 11.4. The van der Waals surface area contributed by atoms with Crippen molar-refractivity contribution in [3.05, 3.63) is 47.6 Å². The summed E-state index contributed by atoms with van der Waals surface area (Å²) in [5.41, 5.74) is 1.29. The van der Waals surface area contributed by atoms with Crippen molar-refractivity contribution >= 4 is 27.7 Å². The summed E-state index contributed by atoms with van der Waals surface area (Å²) < 4.78 is 27.0. The van der Waals surface area contributed by atoms with E-state index in [0.29, 0.717) is 18.7 Å². The Bertz CT molecular complexity index is 948. The topological polar surface area (TPSA) is 106 Å². The van der Waals surface area contributed by atoms with Gasteiger partial charge >= 0.3 is 0 Å². The lowest BCUT2D eigenvalue weighted by Gasteiger charge is -2.07. The lowest BCUT2D eigenvalue weighted by atomic mass is 10.2. The van der Waals surface area contributed by atoms with Crippen molar-refractivity contribution < 1.29 is 13.2 Å². The van der Waals surface area contributed by atoms with Gasteiger partial charge in [-0.25, -0.2) is 8.42 Å². The number of aromatic nitrogens is 3. The molecule has 0 unspecified atom stereocenters. The zero-order valence-electron chi connectivity index (χ0n) is 15.9. The molecule has 1 aromatic heterocycles. The van der Waals surface area contributed by atoms with Crippen molar-refractivity contribution in [3.8, 4) is 0 Å². The van der Waals surface area contributed by atoms with Crippen LogP contribution in [0.5, 0.6) is 0 Å². The first-order valence-electron chi connectivity index (χ1n) is 9.35. The van der Waals surface area contributed by atoms with Gasteiger partial charge in [-0.2, -0.15) is 0 Å². The average molecular weight is 404 g/mol. The van der Waals surface area contributed by atoms with Gasteiger partial charge < -0.3 is 9.88 Å². The number of aryl methyl sites for hydroxylation is 1. The number of sulfonamides is 1. The highest BCUT2D eigenvalue weighted by Gasteiger charge is 2.14. The SMILES string of the molecule is CS(=O)(=O)Nc1ccc(/C=C/C(=O)NCCc2nnc3n2CCCCC3)cc1. The molecule has 28 heavy (non-hydrogen) atoms. The first-order chi connectivity index (χ1) is 13.4. The summed E-state index contributed by atoms with van der Waals surface area (Å²) in [6.07, 6.45) is 9.39. The highest BCUT2D eigenvalue weighted by molar-refractivity contribution is 7.92. The van der Waals surface area contributed by atoms with E-state index >= 15 is 0 Å². The predicted octanol–water partition coefficient (Wildman–Crippen LogP) is 1.75. The third-order valence-corrected chi connectivity index (χ3v) is 5.08. The van der Waals surface area contributed by atoms with Crippen molar-refractivity contribution in [3.63, 3.8) is 0 Å². The molecule has 0 aliphatic carbocycles. The van der Waals surface area contributed by atoms with Crippen molar-refractivity contribution in [1.82, 2.24) is 20.1 Å². The van der Waals surface area contributed by atoms with Crippen LogP contribution >= 0.6 is 0 Å². The number of carbonyl (C=O) groups excluding carboxylic acids is 1. The smallest absolute Gasteiger partial charge is 0.244 e. The number of nitrogens with one attached hydrogen (secondary N) is 2. The third-order valence-electron chi connectivity index (χ3n) is 4.48. The standard InChI is InChI=1S/C19H25N5O3S/c1-28(26,27)23-16-9-6-15(7-10-16)8-11-19(25)20-13-12-18-22-21-17-5-3-2-4-14-24(17)18/h6-11,23H,2-5,12-14H2,1H3,(H,20,25)/b11-8+. The van der Waals surface area contributed by atoms with Gasteiger partial charge in [-0.15, -0.1) is 10.2 Å². The van der Waals surface area contributed by atoms with E-state index in [4.69, 9.17) is 0 Å². The van der Waals surface area contributed by atoms with Crippen LogP contribution in [0.3, 0.4) is 0 Å². The van der Waals surface area contributed by atoms with Crippen LogP contribution in [0.15, 0.2) is 30.3 Å². The van der Waals surface area contributed by atoms with Crippen LogP contribution in [0, 0.1) is 0 Å². The molecule has 0 fully saturated rings. The van der Waals surface area contributed by atoms with Crippen LogP contribution in [0.2, 0.25) is 0 Å². The Hall–Kier alpha value is -2.68. The number of nitrogens with zero attached hydrogens (tertiary/aromatic N) is 3.